The molecule has 2 amide bonds. The van der Waals surface area contributed by atoms with Gasteiger partial charge in [0, 0.05) is 12.1 Å². The largest absolute Gasteiger partial charge is 0.335 e. The highest BCUT2D eigenvalue weighted by molar-refractivity contribution is 5.74. The lowest BCUT2D eigenvalue weighted by atomic mass is 9.87. The Balaban J connectivity index is 1.65. The minimum absolute atomic E-state index is 0.0756. The first-order valence-corrected chi connectivity index (χ1v) is 10.4. The van der Waals surface area contributed by atoms with Gasteiger partial charge in [0.05, 0.1) is 6.17 Å². The van der Waals surface area contributed by atoms with Gasteiger partial charge in [0.1, 0.15) is 6.29 Å². The van der Waals surface area contributed by atoms with Crippen LogP contribution in [-0.4, -0.2) is 62.7 Å². The van der Waals surface area contributed by atoms with Crippen LogP contribution in [-0.2, 0) is 0 Å². The summed E-state index contributed by atoms with van der Waals surface area (Å²) in [6, 6.07) is 0.600. The van der Waals surface area contributed by atoms with E-state index in [0.717, 1.165) is 44.7 Å². The zero-order valence-corrected chi connectivity index (χ0v) is 17.1. The SMILES string of the molecule is CC1CCC(NC(=O)NC2NC(C)CC(NCCCCN(C)C)N2)CC1. The van der Waals surface area contributed by atoms with E-state index in [-0.39, 0.29) is 18.5 Å². The quantitative estimate of drug-likeness (QED) is 0.418. The van der Waals surface area contributed by atoms with Crippen LogP contribution in [0.3, 0.4) is 0 Å². The fourth-order valence-corrected chi connectivity index (χ4v) is 3.84. The minimum Gasteiger partial charge on any atom is -0.335 e. The molecule has 7 nitrogen and oxygen atoms in total. The van der Waals surface area contributed by atoms with E-state index >= 15 is 0 Å². The molecule has 1 saturated heterocycles. The smallest absolute Gasteiger partial charge is 0.317 e. The number of amides is 2. The van der Waals surface area contributed by atoms with Crippen molar-refractivity contribution in [3.05, 3.63) is 0 Å². The van der Waals surface area contributed by atoms with Crippen molar-refractivity contribution < 1.29 is 4.79 Å². The molecule has 1 aliphatic heterocycles. The predicted molar refractivity (Wildman–Crippen MR) is 107 cm³/mol. The van der Waals surface area contributed by atoms with Gasteiger partial charge in [0.2, 0.25) is 0 Å². The first-order valence-electron chi connectivity index (χ1n) is 10.4. The van der Waals surface area contributed by atoms with Crippen LogP contribution in [0.4, 0.5) is 4.79 Å². The fourth-order valence-electron chi connectivity index (χ4n) is 3.84. The van der Waals surface area contributed by atoms with Crippen molar-refractivity contribution in [3.63, 3.8) is 0 Å². The van der Waals surface area contributed by atoms with Crippen molar-refractivity contribution >= 4 is 6.03 Å². The van der Waals surface area contributed by atoms with Crippen LogP contribution in [0.1, 0.15) is 58.8 Å². The Morgan fingerprint density at radius 1 is 1.04 bits per heavy atom. The highest BCUT2D eigenvalue weighted by atomic mass is 16.2. The summed E-state index contributed by atoms with van der Waals surface area (Å²) in [6.07, 6.45) is 8.01. The maximum atomic E-state index is 12.3. The molecule has 1 saturated carbocycles. The number of urea groups is 1. The van der Waals surface area contributed by atoms with Crippen molar-refractivity contribution in [2.24, 2.45) is 5.92 Å². The van der Waals surface area contributed by atoms with Gasteiger partial charge in [-0.25, -0.2) is 4.79 Å². The number of nitrogens with one attached hydrogen (secondary N) is 5. The average molecular weight is 369 g/mol. The molecule has 0 aromatic heterocycles. The summed E-state index contributed by atoms with van der Waals surface area (Å²) in [4.78, 5) is 14.5. The highest BCUT2D eigenvalue weighted by Gasteiger charge is 2.26. The van der Waals surface area contributed by atoms with E-state index in [9.17, 15) is 4.79 Å². The van der Waals surface area contributed by atoms with Crippen LogP contribution < -0.4 is 26.6 Å². The molecular weight excluding hydrogens is 328 g/mol. The van der Waals surface area contributed by atoms with E-state index in [1.54, 1.807) is 0 Å². The Labute approximate surface area is 159 Å². The molecule has 7 heteroatoms. The van der Waals surface area contributed by atoms with Gasteiger partial charge >= 0.3 is 6.03 Å². The van der Waals surface area contributed by atoms with Gasteiger partial charge < -0.3 is 20.9 Å². The molecule has 2 rings (SSSR count). The summed E-state index contributed by atoms with van der Waals surface area (Å²) in [6.45, 7) is 6.58. The standard InChI is InChI=1S/C19H40N6O/c1-14-7-9-16(10-8-14)22-19(26)24-18-21-15(2)13-17(23-18)20-11-5-6-12-25(3)4/h14-18,20-21,23H,5-13H2,1-4H3,(H2,22,24,26). The van der Waals surface area contributed by atoms with Gasteiger partial charge in [0.25, 0.3) is 0 Å². The van der Waals surface area contributed by atoms with Crippen LogP contribution in [0.2, 0.25) is 0 Å². The third kappa shape index (κ3) is 8.20. The van der Waals surface area contributed by atoms with E-state index in [4.69, 9.17) is 0 Å². The number of nitrogens with zero attached hydrogens (tertiary/aromatic N) is 1. The molecule has 3 unspecified atom stereocenters. The number of hydrogen-bond acceptors (Lipinski definition) is 5. The molecule has 152 valence electrons. The summed E-state index contributed by atoms with van der Waals surface area (Å²) in [5.41, 5.74) is 0. The summed E-state index contributed by atoms with van der Waals surface area (Å²) < 4.78 is 0. The van der Waals surface area contributed by atoms with Crippen molar-refractivity contribution in [3.8, 4) is 0 Å². The molecular formula is C19H40N6O. The van der Waals surface area contributed by atoms with Crippen molar-refractivity contribution in [1.82, 2.24) is 31.5 Å². The fraction of sp³-hybridized carbons (Fsp3) is 0.947. The molecule has 0 aromatic rings. The Morgan fingerprint density at radius 3 is 2.46 bits per heavy atom. The Hall–Kier alpha value is -0.890. The molecule has 0 spiro atoms. The monoisotopic (exact) mass is 368 g/mol. The zero-order valence-electron chi connectivity index (χ0n) is 17.1. The van der Waals surface area contributed by atoms with Crippen molar-refractivity contribution in [1.29, 1.82) is 0 Å². The summed E-state index contributed by atoms with van der Waals surface area (Å²) in [5.74, 6) is 0.795. The molecule has 0 aromatic carbocycles. The van der Waals surface area contributed by atoms with Crippen LogP contribution in [0.25, 0.3) is 0 Å². The normalized spacial score (nSPS) is 32.4. The number of unbranched alkanes of at least 4 members (excludes halogenated alkanes) is 1. The summed E-state index contributed by atoms with van der Waals surface area (Å²) >= 11 is 0. The topological polar surface area (TPSA) is 80.5 Å². The zero-order chi connectivity index (χ0) is 18.9. The molecule has 3 atom stereocenters. The first-order chi connectivity index (χ1) is 12.4. The van der Waals surface area contributed by atoms with Gasteiger partial charge in [-0.05, 0) is 85.0 Å². The second-order valence-electron chi connectivity index (χ2n) is 8.49. The van der Waals surface area contributed by atoms with E-state index in [0.29, 0.717) is 12.1 Å². The maximum Gasteiger partial charge on any atom is 0.317 e. The number of carbonyl (C=O) groups excluding carboxylic acids is 1. The molecule has 1 aliphatic carbocycles. The van der Waals surface area contributed by atoms with E-state index in [1.165, 1.54) is 19.3 Å². The molecule has 2 aliphatic rings. The Morgan fingerprint density at radius 2 is 1.77 bits per heavy atom. The van der Waals surface area contributed by atoms with Gasteiger partial charge in [-0.2, -0.15) is 0 Å². The first kappa shape index (κ1) is 21.4. The van der Waals surface area contributed by atoms with E-state index in [2.05, 4.69) is 59.4 Å². The molecule has 0 radical (unpaired) electrons. The third-order valence-corrected chi connectivity index (χ3v) is 5.46. The van der Waals surface area contributed by atoms with Crippen LogP contribution in [0, 0.1) is 5.92 Å². The summed E-state index contributed by atoms with van der Waals surface area (Å²) in [5, 5.41) is 16.6. The second-order valence-corrected chi connectivity index (χ2v) is 8.49. The van der Waals surface area contributed by atoms with Crippen LogP contribution >= 0.6 is 0 Å². The molecule has 5 N–H and O–H groups in total. The Kier molecular flexibility index (Phi) is 9.11. The Bertz CT molecular complexity index is 411. The molecule has 2 fully saturated rings. The molecule has 26 heavy (non-hydrogen) atoms. The molecule has 0 bridgehead atoms. The highest BCUT2D eigenvalue weighted by Crippen LogP contribution is 2.23. The lowest BCUT2D eigenvalue weighted by molar-refractivity contribution is 0.183. The summed E-state index contributed by atoms with van der Waals surface area (Å²) in [7, 11) is 4.22. The number of carbonyl (C=O) groups is 1. The van der Waals surface area contributed by atoms with Crippen molar-refractivity contribution in [2.45, 2.75) is 83.3 Å². The van der Waals surface area contributed by atoms with Gasteiger partial charge in [-0.15, -0.1) is 0 Å². The molecule has 1 heterocycles. The second kappa shape index (κ2) is 11.1. The predicted octanol–water partition coefficient (Wildman–Crippen LogP) is 1.38. The van der Waals surface area contributed by atoms with Gasteiger partial charge in [-0.3, -0.25) is 10.6 Å². The van der Waals surface area contributed by atoms with Crippen molar-refractivity contribution in [2.75, 3.05) is 27.2 Å². The van der Waals surface area contributed by atoms with Crippen LogP contribution in [0.15, 0.2) is 0 Å². The van der Waals surface area contributed by atoms with E-state index < -0.39 is 0 Å². The minimum atomic E-state index is -0.194. The van der Waals surface area contributed by atoms with Gasteiger partial charge in [0.15, 0.2) is 0 Å². The lowest BCUT2D eigenvalue weighted by Gasteiger charge is -2.37. The van der Waals surface area contributed by atoms with E-state index in [1.807, 2.05) is 0 Å². The van der Waals surface area contributed by atoms with Gasteiger partial charge in [-0.1, -0.05) is 6.92 Å². The van der Waals surface area contributed by atoms with Crippen LogP contribution in [0.5, 0.6) is 0 Å². The number of rotatable bonds is 8. The number of hydrogen-bond donors (Lipinski definition) is 5. The lowest BCUT2D eigenvalue weighted by Crippen LogP contribution is -2.68. The average Bonchev–Trinajstić information content (AvgIpc) is 2.56. The maximum absolute atomic E-state index is 12.3. The third-order valence-electron chi connectivity index (χ3n) is 5.46.